The standard InChI is InChI=1S/C21H36N4O2.HI/c1-6-22-20(24-16-21(3,4)26-5)23-13-18-8-7-9-19(12-18)15-25-10-11-27-17(2)14-25;/h7-9,12,17H,6,10-11,13-16H2,1-5H3,(H2,22,23,24);1H. The molecule has 1 unspecified atom stereocenters. The summed E-state index contributed by atoms with van der Waals surface area (Å²) in [7, 11) is 1.73. The summed E-state index contributed by atoms with van der Waals surface area (Å²) in [6.45, 7) is 14.3. The molecule has 1 aliphatic rings. The lowest BCUT2D eigenvalue weighted by atomic mass is 10.1. The van der Waals surface area contributed by atoms with Crippen LogP contribution in [0.25, 0.3) is 0 Å². The molecule has 0 aliphatic carbocycles. The van der Waals surface area contributed by atoms with Crippen molar-refractivity contribution in [1.29, 1.82) is 0 Å². The molecule has 7 heteroatoms. The van der Waals surface area contributed by atoms with E-state index in [4.69, 9.17) is 14.5 Å². The van der Waals surface area contributed by atoms with Crippen LogP contribution in [0, 0.1) is 0 Å². The summed E-state index contributed by atoms with van der Waals surface area (Å²) in [6, 6.07) is 8.71. The molecule has 0 spiro atoms. The highest BCUT2D eigenvalue weighted by atomic mass is 127. The van der Waals surface area contributed by atoms with Gasteiger partial charge in [-0.15, -0.1) is 24.0 Å². The fraction of sp³-hybridized carbons (Fsp3) is 0.667. The fourth-order valence-electron chi connectivity index (χ4n) is 3.00. The van der Waals surface area contributed by atoms with Gasteiger partial charge in [0, 0.05) is 39.8 Å². The van der Waals surface area contributed by atoms with Gasteiger partial charge in [-0.05, 0) is 38.8 Å². The third-order valence-electron chi connectivity index (χ3n) is 4.72. The first-order valence-electron chi connectivity index (χ1n) is 9.91. The number of halogens is 1. The largest absolute Gasteiger partial charge is 0.377 e. The van der Waals surface area contributed by atoms with Gasteiger partial charge < -0.3 is 20.1 Å². The zero-order valence-corrected chi connectivity index (χ0v) is 20.3. The first kappa shape index (κ1) is 25.1. The van der Waals surface area contributed by atoms with Gasteiger partial charge in [-0.1, -0.05) is 24.3 Å². The van der Waals surface area contributed by atoms with E-state index < -0.39 is 0 Å². The van der Waals surface area contributed by atoms with Crippen LogP contribution in [0.2, 0.25) is 0 Å². The number of ether oxygens (including phenoxy) is 2. The molecule has 1 aromatic rings. The van der Waals surface area contributed by atoms with Crippen molar-refractivity contribution >= 4 is 29.9 Å². The van der Waals surface area contributed by atoms with Crippen LogP contribution in [0.1, 0.15) is 38.8 Å². The lowest BCUT2D eigenvalue weighted by Gasteiger charge is -2.31. The topological polar surface area (TPSA) is 58.1 Å². The van der Waals surface area contributed by atoms with Crippen molar-refractivity contribution in [2.75, 3.05) is 39.9 Å². The maximum absolute atomic E-state index is 5.63. The zero-order valence-electron chi connectivity index (χ0n) is 18.0. The molecule has 1 aliphatic heterocycles. The minimum Gasteiger partial charge on any atom is -0.377 e. The number of nitrogens with one attached hydrogen (secondary N) is 2. The van der Waals surface area contributed by atoms with Crippen LogP contribution in [0.5, 0.6) is 0 Å². The Labute approximate surface area is 187 Å². The van der Waals surface area contributed by atoms with Crippen molar-refractivity contribution in [3.05, 3.63) is 35.4 Å². The molecule has 1 heterocycles. The van der Waals surface area contributed by atoms with Gasteiger partial charge in [0.15, 0.2) is 5.96 Å². The van der Waals surface area contributed by atoms with Crippen LogP contribution >= 0.6 is 24.0 Å². The second-order valence-electron chi connectivity index (χ2n) is 7.75. The lowest BCUT2D eigenvalue weighted by molar-refractivity contribution is -0.0212. The number of morpholine rings is 1. The van der Waals surface area contributed by atoms with Crippen molar-refractivity contribution in [2.24, 2.45) is 4.99 Å². The van der Waals surface area contributed by atoms with Crippen LogP contribution in [0.3, 0.4) is 0 Å². The van der Waals surface area contributed by atoms with E-state index in [2.05, 4.69) is 67.5 Å². The van der Waals surface area contributed by atoms with Crippen molar-refractivity contribution in [3.63, 3.8) is 0 Å². The fourth-order valence-corrected chi connectivity index (χ4v) is 3.00. The van der Waals surface area contributed by atoms with E-state index in [-0.39, 0.29) is 29.6 Å². The van der Waals surface area contributed by atoms with E-state index in [0.29, 0.717) is 19.2 Å². The molecule has 1 atom stereocenters. The summed E-state index contributed by atoms with van der Waals surface area (Å²) in [5, 5.41) is 6.65. The Kier molecular flexibility index (Phi) is 11.3. The molecule has 0 saturated carbocycles. The molecule has 0 aromatic heterocycles. The second-order valence-corrected chi connectivity index (χ2v) is 7.75. The van der Waals surface area contributed by atoms with Gasteiger partial charge in [0.1, 0.15) is 0 Å². The van der Waals surface area contributed by atoms with Gasteiger partial charge in [0.05, 0.1) is 24.9 Å². The molecule has 2 N–H and O–H groups in total. The van der Waals surface area contributed by atoms with Crippen molar-refractivity contribution < 1.29 is 9.47 Å². The van der Waals surface area contributed by atoms with Gasteiger partial charge in [-0.2, -0.15) is 0 Å². The smallest absolute Gasteiger partial charge is 0.191 e. The number of aliphatic imine (C=N–C) groups is 1. The number of hydrogen-bond donors (Lipinski definition) is 2. The van der Waals surface area contributed by atoms with E-state index in [1.165, 1.54) is 11.1 Å². The maximum atomic E-state index is 5.63. The monoisotopic (exact) mass is 504 g/mol. The van der Waals surface area contributed by atoms with E-state index in [0.717, 1.165) is 38.7 Å². The molecule has 28 heavy (non-hydrogen) atoms. The van der Waals surface area contributed by atoms with Gasteiger partial charge in [0.25, 0.3) is 0 Å². The molecule has 0 amide bonds. The lowest BCUT2D eigenvalue weighted by Crippen LogP contribution is -2.45. The van der Waals surface area contributed by atoms with Crippen molar-refractivity contribution in [3.8, 4) is 0 Å². The van der Waals surface area contributed by atoms with Crippen LogP contribution in [-0.2, 0) is 22.6 Å². The summed E-state index contributed by atoms with van der Waals surface area (Å²) >= 11 is 0. The van der Waals surface area contributed by atoms with Crippen LogP contribution < -0.4 is 10.6 Å². The Morgan fingerprint density at radius 1 is 1.32 bits per heavy atom. The molecule has 2 rings (SSSR count). The summed E-state index contributed by atoms with van der Waals surface area (Å²) in [4.78, 5) is 7.18. The van der Waals surface area contributed by atoms with Gasteiger partial charge in [-0.3, -0.25) is 4.90 Å². The highest BCUT2D eigenvalue weighted by Crippen LogP contribution is 2.13. The number of nitrogens with zero attached hydrogens (tertiary/aromatic N) is 2. The quantitative estimate of drug-likeness (QED) is 0.324. The highest BCUT2D eigenvalue weighted by Gasteiger charge is 2.17. The number of guanidine groups is 1. The SMILES string of the molecule is CCNC(=NCc1cccc(CN2CCOC(C)C2)c1)NCC(C)(C)OC.I. The van der Waals surface area contributed by atoms with Crippen LogP contribution in [0.15, 0.2) is 29.3 Å². The highest BCUT2D eigenvalue weighted by molar-refractivity contribution is 14.0. The molecule has 0 bridgehead atoms. The minimum atomic E-state index is -0.231. The number of methoxy groups -OCH3 is 1. The molecular formula is C21H37IN4O2. The van der Waals surface area contributed by atoms with Crippen LogP contribution in [0.4, 0.5) is 0 Å². The van der Waals surface area contributed by atoms with E-state index >= 15 is 0 Å². The first-order valence-corrected chi connectivity index (χ1v) is 9.91. The van der Waals surface area contributed by atoms with Crippen LogP contribution in [-0.4, -0.2) is 62.5 Å². The van der Waals surface area contributed by atoms with E-state index in [9.17, 15) is 0 Å². The average Bonchev–Trinajstić information content (AvgIpc) is 2.64. The van der Waals surface area contributed by atoms with E-state index in [1.807, 2.05) is 0 Å². The Hall–Kier alpha value is -0.900. The number of hydrogen-bond acceptors (Lipinski definition) is 4. The summed E-state index contributed by atoms with van der Waals surface area (Å²) in [6.07, 6.45) is 0.316. The predicted molar refractivity (Wildman–Crippen MR) is 126 cm³/mol. The third-order valence-corrected chi connectivity index (χ3v) is 4.72. The van der Waals surface area contributed by atoms with E-state index in [1.54, 1.807) is 7.11 Å². The Morgan fingerprint density at radius 2 is 2.07 bits per heavy atom. The molecular weight excluding hydrogens is 467 g/mol. The normalized spacial score (nSPS) is 18.5. The number of benzene rings is 1. The molecule has 0 radical (unpaired) electrons. The van der Waals surface area contributed by atoms with Gasteiger partial charge >= 0.3 is 0 Å². The Balaban J connectivity index is 0.00000392. The molecule has 1 aromatic carbocycles. The molecule has 1 saturated heterocycles. The molecule has 1 fully saturated rings. The van der Waals surface area contributed by atoms with Crippen molar-refractivity contribution in [2.45, 2.75) is 52.5 Å². The molecule has 6 nitrogen and oxygen atoms in total. The Bertz CT molecular complexity index is 610. The average molecular weight is 504 g/mol. The Morgan fingerprint density at radius 3 is 2.75 bits per heavy atom. The second kappa shape index (κ2) is 12.6. The van der Waals surface area contributed by atoms with Gasteiger partial charge in [0.2, 0.25) is 0 Å². The summed E-state index contributed by atoms with van der Waals surface area (Å²) in [5.41, 5.74) is 2.32. The zero-order chi connectivity index (χ0) is 19.7. The molecule has 160 valence electrons. The predicted octanol–water partition coefficient (Wildman–Crippen LogP) is 3.01. The van der Waals surface area contributed by atoms with Gasteiger partial charge in [-0.25, -0.2) is 4.99 Å². The first-order chi connectivity index (χ1) is 12.9. The third kappa shape index (κ3) is 9.07. The summed E-state index contributed by atoms with van der Waals surface area (Å²) in [5.74, 6) is 0.815. The number of rotatable bonds is 8. The minimum absolute atomic E-state index is 0. The summed E-state index contributed by atoms with van der Waals surface area (Å²) < 4.78 is 11.1. The van der Waals surface area contributed by atoms with Crippen molar-refractivity contribution in [1.82, 2.24) is 15.5 Å². The maximum Gasteiger partial charge on any atom is 0.191 e.